The van der Waals surface area contributed by atoms with E-state index in [2.05, 4.69) is 11.0 Å². The van der Waals surface area contributed by atoms with Gasteiger partial charge in [-0.1, -0.05) is 5.92 Å². The smallest absolute Gasteiger partial charge is 0.338 e. The molecule has 23 heavy (non-hydrogen) atoms. The zero-order chi connectivity index (χ0) is 16.8. The Morgan fingerprint density at radius 1 is 1.09 bits per heavy atom. The molecule has 0 aliphatic heterocycles. The Kier molecular flexibility index (Phi) is 10.5. The van der Waals surface area contributed by atoms with Crippen LogP contribution < -0.4 is 0 Å². The SMILES string of the molecule is C#CCOCCOCCOCCOCCn1cc(C(=O)O)cn1. The van der Waals surface area contributed by atoms with Gasteiger partial charge in [0.05, 0.1) is 64.6 Å². The second-order valence-electron chi connectivity index (χ2n) is 4.39. The molecule has 0 aliphatic carbocycles. The molecule has 1 rings (SSSR count). The van der Waals surface area contributed by atoms with Crippen molar-refractivity contribution < 1.29 is 28.8 Å². The van der Waals surface area contributed by atoms with Gasteiger partial charge in [0.1, 0.15) is 6.61 Å². The van der Waals surface area contributed by atoms with Crippen molar-refractivity contribution in [1.82, 2.24) is 9.78 Å². The normalized spacial score (nSPS) is 10.6. The number of carbonyl (C=O) groups is 1. The fraction of sp³-hybridized carbons (Fsp3) is 0.600. The van der Waals surface area contributed by atoms with Crippen LogP contribution in [0.1, 0.15) is 10.4 Å². The number of nitrogens with zero attached hydrogens (tertiary/aromatic N) is 2. The summed E-state index contributed by atoms with van der Waals surface area (Å²) in [7, 11) is 0. The largest absolute Gasteiger partial charge is 0.478 e. The van der Waals surface area contributed by atoms with Crippen LogP contribution >= 0.6 is 0 Å². The molecular formula is C15H22N2O6. The molecule has 0 bridgehead atoms. The van der Waals surface area contributed by atoms with Gasteiger partial charge in [-0.3, -0.25) is 4.68 Å². The van der Waals surface area contributed by atoms with Crippen molar-refractivity contribution in [2.45, 2.75) is 6.54 Å². The second kappa shape index (κ2) is 12.6. The van der Waals surface area contributed by atoms with E-state index in [9.17, 15) is 4.79 Å². The minimum Gasteiger partial charge on any atom is -0.478 e. The van der Waals surface area contributed by atoms with Gasteiger partial charge < -0.3 is 24.1 Å². The van der Waals surface area contributed by atoms with E-state index in [-0.39, 0.29) is 5.56 Å². The van der Waals surface area contributed by atoms with Gasteiger partial charge in [0.15, 0.2) is 0 Å². The van der Waals surface area contributed by atoms with E-state index in [0.29, 0.717) is 59.4 Å². The fourth-order valence-electron chi connectivity index (χ4n) is 1.55. The van der Waals surface area contributed by atoms with Crippen LogP contribution in [-0.2, 0) is 25.5 Å². The van der Waals surface area contributed by atoms with Crippen molar-refractivity contribution in [1.29, 1.82) is 0 Å². The summed E-state index contributed by atoms with van der Waals surface area (Å²) in [4.78, 5) is 10.7. The van der Waals surface area contributed by atoms with E-state index in [1.165, 1.54) is 17.1 Å². The molecule has 128 valence electrons. The maximum absolute atomic E-state index is 10.7. The number of hydrogen-bond donors (Lipinski definition) is 1. The molecule has 0 aromatic carbocycles. The first-order chi connectivity index (χ1) is 11.2. The van der Waals surface area contributed by atoms with Crippen LogP contribution in [0, 0.1) is 12.3 Å². The molecule has 0 unspecified atom stereocenters. The third kappa shape index (κ3) is 9.65. The average molecular weight is 326 g/mol. The maximum Gasteiger partial charge on any atom is 0.338 e. The highest BCUT2D eigenvalue weighted by Crippen LogP contribution is 1.97. The third-order valence-electron chi connectivity index (χ3n) is 2.65. The van der Waals surface area contributed by atoms with Crippen LogP contribution in [0.5, 0.6) is 0 Å². The average Bonchev–Trinajstić information content (AvgIpc) is 3.01. The van der Waals surface area contributed by atoms with E-state index < -0.39 is 5.97 Å². The Morgan fingerprint density at radius 2 is 1.65 bits per heavy atom. The van der Waals surface area contributed by atoms with Crippen molar-refractivity contribution in [3.05, 3.63) is 18.0 Å². The lowest BCUT2D eigenvalue weighted by Crippen LogP contribution is -2.13. The first kappa shape index (κ1) is 19.1. The topological polar surface area (TPSA) is 92.0 Å². The minimum absolute atomic E-state index is 0.165. The third-order valence-corrected chi connectivity index (χ3v) is 2.65. The Labute approximate surface area is 135 Å². The minimum atomic E-state index is -0.990. The monoisotopic (exact) mass is 326 g/mol. The highest BCUT2D eigenvalue weighted by molar-refractivity contribution is 5.86. The number of aromatic nitrogens is 2. The van der Waals surface area contributed by atoms with Crippen LogP contribution in [0.15, 0.2) is 12.4 Å². The second-order valence-corrected chi connectivity index (χ2v) is 4.39. The van der Waals surface area contributed by atoms with Gasteiger partial charge in [0, 0.05) is 6.20 Å². The summed E-state index contributed by atoms with van der Waals surface area (Å²) >= 11 is 0. The zero-order valence-electron chi connectivity index (χ0n) is 13.0. The summed E-state index contributed by atoms with van der Waals surface area (Å²) in [5, 5.41) is 12.7. The highest BCUT2D eigenvalue weighted by Gasteiger charge is 2.05. The molecule has 1 heterocycles. The number of rotatable bonds is 14. The van der Waals surface area contributed by atoms with Gasteiger partial charge in [-0.05, 0) is 0 Å². The molecule has 1 aromatic heterocycles. The summed E-state index contributed by atoms with van der Waals surface area (Å²) in [6, 6.07) is 0. The van der Waals surface area contributed by atoms with Crippen molar-refractivity contribution in [3.8, 4) is 12.3 Å². The van der Waals surface area contributed by atoms with Gasteiger partial charge in [-0.2, -0.15) is 5.10 Å². The number of ether oxygens (including phenoxy) is 4. The Bertz CT molecular complexity index is 483. The molecule has 8 heteroatoms. The van der Waals surface area contributed by atoms with Crippen molar-refractivity contribution >= 4 is 5.97 Å². The van der Waals surface area contributed by atoms with E-state index in [1.54, 1.807) is 0 Å². The zero-order valence-corrected chi connectivity index (χ0v) is 13.0. The predicted octanol–water partition coefficient (Wildman–Crippen LogP) is 0.281. The number of carboxylic acids is 1. The molecule has 1 N–H and O–H groups in total. The van der Waals surface area contributed by atoms with E-state index >= 15 is 0 Å². The van der Waals surface area contributed by atoms with E-state index in [4.69, 9.17) is 30.5 Å². The van der Waals surface area contributed by atoms with Crippen LogP contribution in [0.3, 0.4) is 0 Å². The summed E-state index contributed by atoms with van der Waals surface area (Å²) < 4.78 is 22.5. The van der Waals surface area contributed by atoms with Crippen LogP contribution in [0.2, 0.25) is 0 Å². The van der Waals surface area contributed by atoms with Crippen molar-refractivity contribution in [3.63, 3.8) is 0 Å². The summed E-state index contributed by atoms with van der Waals surface area (Å²) in [6.45, 7) is 4.10. The predicted molar refractivity (Wildman–Crippen MR) is 81.3 cm³/mol. The lowest BCUT2D eigenvalue weighted by molar-refractivity contribution is 0.000231. The highest BCUT2D eigenvalue weighted by atomic mass is 16.6. The lowest BCUT2D eigenvalue weighted by Gasteiger charge is -2.07. The molecule has 0 spiro atoms. The van der Waals surface area contributed by atoms with Crippen LogP contribution in [0.25, 0.3) is 0 Å². The van der Waals surface area contributed by atoms with Gasteiger partial charge >= 0.3 is 5.97 Å². The Hall–Kier alpha value is -1.92. The van der Waals surface area contributed by atoms with Crippen molar-refractivity contribution in [2.75, 3.05) is 52.9 Å². The van der Waals surface area contributed by atoms with Gasteiger partial charge in [0.25, 0.3) is 0 Å². The van der Waals surface area contributed by atoms with Crippen LogP contribution in [0.4, 0.5) is 0 Å². The molecule has 0 saturated heterocycles. The fourth-order valence-corrected chi connectivity index (χ4v) is 1.55. The molecule has 8 nitrogen and oxygen atoms in total. The van der Waals surface area contributed by atoms with E-state index in [1.807, 2.05) is 0 Å². The summed E-state index contributed by atoms with van der Waals surface area (Å²) in [5.74, 6) is 1.38. The lowest BCUT2D eigenvalue weighted by atomic mass is 10.4. The number of carboxylic acid groups (broad SMARTS) is 1. The molecule has 0 amide bonds. The summed E-state index contributed by atoms with van der Waals surface area (Å²) in [6.07, 6.45) is 7.80. The molecular weight excluding hydrogens is 304 g/mol. The maximum atomic E-state index is 10.7. The van der Waals surface area contributed by atoms with Gasteiger partial charge in [-0.15, -0.1) is 6.42 Å². The first-order valence-corrected chi connectivity index (χ1v) is 7.24. The first-order valence-electron chi connectivity index (χ1n) is 7.24. The van der Waals surface area contributed by atoms with Gasteiger partial charge in [-0.25, -0.2) is 4.79 Å². The van der Waals surface area contributed by atoms with Crippen molar-refractivity contribution in [2.24, 2.45) is 0 Å². The molecule has 0 atom stereocenters. The number of aromatic carboxylic acids is 1. The quantitative estimate of drug-likeness (QED) is 0.388. The molecule has 0 radical (unpaired) electrons. The Morgan fingerprint density at radius 3 is 2.17 bits per heavy atom. The Balaban J connectivity index is 1.84. The molecule has 1 aromatic rings. The van der Waals surface area contributed by atoms with E-state index in [0.717, 1.165) is 0 Å². The summed E-state index contributed by atoms with van der Waals surface area (Å²) in [5.41, 5.74) is 0.165. The molecule has 0 saturated carbocycles. The number of hydrogen-bond acceptors (Lipinski definition) is 6. The number of terminal acetylenes is 1. The molecule has 0 fully saturated rings. The van der Waals surface area contributed by atoms with Gasteiger partial charge in [0.2, 0.25) is 0 Å². The standard InChI is InChI=1S/C15H22N2O6/c1-2-4-20-6-8-22-10-11-23-9-7-21-5-3-17-13-14(12-16-17)15(18)19/h1,12-13H,3-11H2,(H,18,19). The molecule has 0 aliphatic rings. The van der Waals surface area contributed by atoms with Crippen LogP contribution in [-0.4, -0.2) is 73.7 Å².